The average Bonchev–Trinajstić information content (AvgIpc) is 3.18. The number of hydrogen-bond donors (Lipinski definition) is 1. The number of hydrogen-bond acceptors (Lipinski definition) is 5. The molecule has 0 aliphatic carbocycles. The third-order valence-electron chi connectivity index (χ3n) is 5.57. The Kier molecular flexibility index (Phi) is 6.23. The molecule has 158 valence electrons. The fraction of sp³-hybridized carbons (Fsp3) is 0.417. The molecular weight excluding hydrogens is 394 g/mol. The molecule has 1 unspecified atom stereocenters. The third kappa shape index (κ3) is 4.59. The van der Waals surface area contributed by atoms with Gasteiger partial charge in [-0.05, 0) is 61.6 Å². The lowest BCUT2D eigenvalue weighted by Gasteiger charge is -2.31. The zero-order valence-electron chi connectivity index (χ0n) is 17.9. The Labute approximate surface area is 182 Å². The first-order valence-electron chi connectivity index (χ1n) is 10.7. The molecule has 6 heteroatoms. The summed E-state index contributed by atoms with van der Waals surface area (Å²) in [6.45, 7) is 8.62. The first-order chi connectivity index (χ1) is 14.5. The van der Waals surface area contributed by atoms with Crippen LogP contribution in [0.15, 0.2) is 42.5 Å². The number of nitrogens with one attached hydrogen (secondary N) is 1. The number of carbonyl (C=O) groups is 1. The predicted octanol–water partition coefficient (Wildman–Crippen LogP) is 5.67. The van der Waals surface area contributed by atoms with Crippen LogP contribution in [0.3, 0.4) is 0 Å². The second-order valence-electron chi connectivity index (χ2n) is 8.11. The lowest BCUT2D eigenvalue weighted by Crippen LogP contribution is -2.40. The summed E-state index contributed by atoms with van der Waals surface area (Å²) in [5, 5.41) is 4.08. The molecule has 1 aromatic heterocycles. The van der Waals surface area contributed by atoms with Gasteiger partial charge < -0.3 is 15.0 Å². The standard InChI is InChI=1S/C24H29N3O2S/c1-4-29-20-11-12-21-22(14-20)30-24(26-21)27-13-5-6-18(15-27)23(28)25-19-9-7-17(8-10-19)16(2)3/h7-12,14,16,18H,4-6,13,15H2,1-3H3,(H,25,28). The molecule has 1 N–H and O–H groups in total. The van der Waals surface area contributed by atoms with E-state index in [4.69, 9.17) is 9.72 Å². The highest BCUT2D eigenvalue weighted by Crippen LogP contribution is 2.33. The van der Waals surface area contributed by atoms with Crippen LogP contribution >= 0.6 is 11.3 Å². The van der Waals surface area contributed by atoms with E-state index in [0.717, 1.165) is 46.2 Å². The first-order valence-corrected chi connectivity index (χ1v) is 11.5. The number of thiazole rings is 1. The molecule has 30 heavy (non-hydrogen) atoms. The summed E-state index contributed by atoms with van der Waals surface area (Å²) >= 11 is 1.67. The van der Waals surface area contributed by atoms with Crippen LogP contribution in [0.2, 0.25) is 0 Å². The summed E-state index contributed by atoms with van der Waals surface area (Å²) in [7, 11) is 0. The number of amides is 1. The second kappa shape index (κ2) is 9.04. The maximum absolute atomic E-state index is 12.9. The molecular formula is C24H29N3O2S. The van der Waals surface area contributed by atoms with Gasteiger partial charge in [-0.25, -0.2) is 4.98 Å². The van der Waals surface area contributed by atoms with E-state index in [1.54, 1.807) is 11.3 Å². The van der Waals surface area contributed by atoms with Crippen LogP contribution in [0.5, 0.6) is 5.75 Å². The third-order valence-corrected chi connectivity index (χ3v) is 6.65. The van der Waals surface area contributed by atoms with Crippen LogP contribution in [0, 0.1) is 5.92 Å². The lowest BCUT2D eigenvalue weighted by molar-refractivity contribution is -0.120. The van der Waals surface area contributed by atoms with E-state index in [9.17, 15) is 4.79 Å². The fourth-order valence-electron chi connectivity index (χ4n) is 3.85. The number of benzene rings is 2. The number of anilines is 2. The van der Waals surface area contributed by atoms with Gasteiger partial charge in [0.2, 0.25) is 5.91 Å². The van der Waals surface area contributed by atoms with Crippen molar-refractivity contribution >= 4 is 38.3 Å². The molecule has 0 spiro atoms. The number of rotatable bonds is 6. The Bertz CT molecular complexity index is 1010. The van der Waals surface area contributed by atoms with Crippen LogP contribution in [0.4, 0.5) is 10.8 Å². The van der Waals surface area contributed by atoms with Gasteiger partial charge in [0.05, 0.1) is 22.7 Å². The summed E-state index contributed by atoms with van der Waals surface area (Å²) in [5.74, 6) is 1.42. The van der Waals surface area contributed by atoms with Crippen molar-refractivity contribution in [2.45, 2.75) is 39.5 Å². The molecule has 0 radical (unpaired) electrons. The molecule has 1 fully saturated rings. The average molecular weight is 424 g/mol. The van der Waals surface area contributed by atoms with Gasteiger partial charge in [-0.2, -0.15) is 0 Å². The van der Waals surface area contributed by atoms with Gasteiger partial charge in [0.1, 0.15) is 5.75 Å². The highest BCUT2D eigenvalue weighted by atomic mass is 32.1. The topological polar surface area (TPSA) is 54.5 Å². The minimum atomic E-state index is -0.0328. The van der Waals surface area contributed by atoms with Gasteiger partial charge in [0.15, 0.2) is 5.13 Å². The van der Waals surface area contributed by atoms with E-state index in [1.165, 1.54) is 5.56 Å². The summed E-state index contributed by atoms with van der Waals surface area (Å²) in [6.07, 6.45) is 1.90. The number of nitrogens with zero attached hydrogens (tertiary/aromatic N) is 2. The Morgan fingerprint density at radius 1 is 1.27 bits per heavy atom. The quantitative estimate of drug-likeness (QED) is 0.555. The molecule has 2 aromatic carbocycles. The molecule has 1 aliphatic rings. The number of fused-ring (bicyclic) bond motifs is 1. The molecule has 4 rings (SSSR count). The van der Waals surface area contributed by atoms with Crippen molar-refractivity contribution in [1.82, 2.24) is 4.98 Å². The molecule has 3 aromatic rings. The number of piperidine rings is 1. The van der Waals surface area contributed by atoms with E-state index in [0.29, 0.717) is 19.1 Å². The van der Waals surface area contributed by atoms with E-state index < -0.39 is 0 Å². The van der Waals surface area contributed by atoms with Crippen molar-refractivity contribution in [3.63, 3.8) is 0 Å². The van der Waals surface area contributed by atoms with Gasteiger partial charge >= 0.3 is 0 Å². The van der Waals surface area contributed by atoms with Crippen LogP contribution in [-0.4, -0.2) is 30.6 Å². The van der Waals surface area contributed by atoms with Crippen molar-refractivity contribution in [1.29, 1.82) is 0 Å². The molecule has 2 heterocycles. The largest absolute Gasteiger partial charge is 0.494 e. The van der Waals surface area contributed by atoms with Crippen molar-refractivity contribution < 1.29 is 9.53 Å². The monoisotopic (exact) mass is 423 g/mol. The van der Waals surface area contributed by atoms with E-state index in [-0.39, 0.29) is 11.8 Å². The van der Waals surface area contributed by atoms with E-state index in [1.807, 2.05) is 31.2 Å². The van der Waals surface area contributed by atoms with Crippen molar-refractivity contribution in [2.24, 2.45) is 5.92 Å². The zero-order valence-corrected chi connectivity index (χ0v) is 18.7. The fourth-order valence-corrected chi connectivity index (χ4v) is 4.87. The summed E-state index contributed by atoms with van der Waals surface area (Å²) in [5.41, 5.74) is 3.13. The Hall–Kier alpha value is -2.60. The van der Waals surface area contributed by atoms with Crippen molar-refractivity contribution in [3.05, 3.63) is 48.0 Å². The Balaban J connectivity index is 1.43. The number of carbonyl (C=O) groups excluding carboxylic acids is 1. The lowest BCUT2D eigenvalue weighted by atomic mass is 9.97. The second-order valence-corrected chi connectivity index (χ2v) is 9.12. The van der Waals surface area contributed by atoms with Crippen LogP contribution in [0.25, 0.3) is 10.2 Å². The van der Waals surface area contributed by atoms with Crippen LogP contribution in [-0.2, 0) is 4.79 Å². The normalized spacial score (nSPS) is 16.8. The highest BCUT2D eigenvalue weighted by molar-refractivity contribution is 7.22. The molecule has 1 aliphatic heterocycles. The number of ether oxygens (including phenoxy) is 1. The van der Waals surface area contributed by atoms with Crippen molar-refractivity contribution in [2.75, 3.05) is 29.9 Å². The van der Waals surface area contributed by atoms with Crippen LogP contribution in [0.1, 0.15) is 45.1 Å². The minimum Gasteiger partial charge on any atom is -0.494 e. The number of aromatic nitrogens is 1. The van der Waals surface area contributed by atoms with Gasteiger partial charge in [-0.1, -0.05) is 37.3 Å². The zero-order chi connectivity index (χ0) is 21.1. The maximum Gasteiger partial charge on any atom is 0.229 e. The molecule has 1 saturated heterocycles. The first kappa shape index (κ1) is 20.7. The smallest absolute Gasteiger partial charge is 0.229 e. The Morgan fingerprint density at radius 3 is 2.80 bits per heavy atom. The SMILES string of the molecule is CCOc1ccc2nc(N3CCCC(C(=O)Nc4ccc(C(C)C)cc4)C3)sc2c1. The van der Waals surface area contributed by atoms with Gasteiger partial charge in [0.25, 0.3) is 0 Å². The maximum atomic E-state index is 12.9. The van der Waals surface area contributed by atoms with Crippen molar-refractivity contribution in [3.8, 4) is 5.75 Å². The highest BCUT2D eigenvalue weighted by Gasteiger charge is 2.27. The van der Waals surface area contributed by atoms with Crippen LogP contribution < -0.4 is 15.0 Å². The molecule has 1 atom stereocenters. The van der Waals surface area contributed by atoms with E-state index in [2.05, 4.69) is 42.3 Å². The Morgan fingerprint density at radius 2 is 2.07 bits per heavy atom. The summed E-state index contributed by atoms with van der Waals surface area (Å²) < 4.78 is 6.72. The van der Waals surface area contributed by atoms with E-state index >= 15 is 0 Å². The van der Waals surface area contributed by atoms with Gasteiger partial charge in [0, 0.05) is 18.8 Å². The molecule has 5 nitrogen and oxygen atoms in total. The summed E-state index contributed by atoms with van der Waals surface area (Å²) in [6, 6.07) is 14.2. The molecule has 0 bridgehead atoms. The predicted molar refractivity (Wildman–Crippen MR) is 125 cm³/mol. The summed E-state index contributed by atoms with van der Waals surface area (Å²) in [4.78, 5) is 19.9. The molecule has 1 amide bonds. The minimum absolute atomic E-state index is 0.0328. The molecule has 0 saturated carbocycles. The van der Waals surface area contributed by atoms with Gasteiger partial charge in [-0.15, -0.1) is 0 Å². The van der Waals surface area contributed by atoms with Gasteiger partial charge in [-0.3, -0.25) is 4.79 Å².